The molecular weight excluding hydrogens is 192 g/mol. The topological polar surface area (TPSA) is 0 Å². The average molecular weight is 210 g/mol. The summed E-state index contributed by atoms with van der Waals surface area (Å²) in [7, 11) is 0. The molecule has 0 nitrogen and oxygen atoms in total. The van der Waals surface area contributed by atoms with E-state index in [1.54, 1.807) is 0 Å². The van der Waals surface area contributed by atoms with Gasteiger partial charge in [-0.25, -0.2) is 0 Å². The summed E-state index contributed by atoms with van der Waals surface area (Å²) in [5, 5.41) is 0. The van der Waals surface area contributed by atoms with Gasteiger partial charge in [-0.3, -0.25) is 0 Å². The highest BCUT2D eigenvalue weighted by Gasteiger charge is 2.28. The van der Waals surface area contributed by atoms with Crippen molar-refractivity contribution in [3.8, 4) is 0 Å². The summed E-state index contributed by atoms with van der Waals surface area (Å²) in [4.78, 5) is 0. The Morgan fingerprint density at radius 2 is 1.55 bits per heavy atom. The van der Waals surface area contributed by atoms with E-state index in [0.29, 0.717) is 4.75 Å². The maximum absolute atomic E-state index is 4.46. The lowest BCUT2D eigenvalue weighted by atomic mass is 10.1. The fourth-order valence-electron chi connectivity index (χ4n) is 0.587. The SMILES string of the molecule is CCC(C)(C)SC(S)(S)CC. The maximum atomic E-state index is 4.46. The Balaban J connectivity index is 4.02. The van der Waals surface area contributed by atoms with Crippen LogP contribution < -0.4 is 0 Å². The van der Waals surface area contributed by atoms with Crippen molar-refractivity contribution in [2.75, 3.05) is 0 Å². The van der Waals surface area contributed by atoms with Crippen LogP contribution in [0.5, 0.6) is 0 Å². The standard InChI is InChI=1S/C8H18S3/c1-5-7(3,4)11-8(9,10)6-2/h9-10H,5-6H2,1-4H3. The summed E-state index contributed by atoms with van der Waals surface area (Å²) in [5.41, 5.74) is 0. The third-order valence-corrected chi connectivity index (χ3v) is 4.39. The molecule has 0 fully saturated rings. The molecule has 0 aliphatic rings. The minimum Gasteiger partial charge on any atom is -0.151 e. The van der Waals surface area contributed by atoms with Gasteiger partial charge in [0.15, 0.2) is 0 Å². The molecule has 11 heavy (non-hydrogen) atoms. The Labute approximate surface area is 85.7 Å². The first-order chi connectivity index (χ1) is 4.83. The van der Waals surface area contributed by atoms with E-state index in [4.69, 9.17) is 0 Å². The molecule has 0 atom stereocenters. The predicted octanol–water partition coefficient (Wildman–Crippen LogP) is 3.83. The second-order valence-electron chi connectivity index (χ2n) is 3.31. The van der Waals surface area contributed by atoms with Crippen LogP contribution in [0.25, 0.3) is 0 Å². The summed E-state index contributed by atoms with van der Waals surface area (Å²) >= 11 is 10.8. The van der Waals surface area contributed by atoms with Crippen molar-refractivity contribution in [1.29, 1.82) is 0 Å². The molecule has 0 aromatic rings. The van der Waals surface area contributed by atoms with E-state index in [1.807, 2.05) is 11.8 Å². The molecule has 0 unspecified atom stereocenters. The monoisotopic (exact) mass is 210 g/mol. The lowest BCUT2D eigenvalue weighted by molar-refractivity contribution is 0.681. The summed E-state index contributed by atoms with van der Waals surface area (Å²) < 4.78 is 0.124. The van der Waals surface area contributed by atoms with Crippen molar-refractivity contribution in [2.45, 2.75) is 48.7 Å². The number of thioether (sulfide) groups is 1. The van der Waals surface area contributed by atoms with Crippen molar-refractivity contribution in [2.24, 2.45) is 0 Å². The Bertz CT molecular complexity index is 105. The van der Waals surface area contributed by atoms with Crippen molar-refractivity contribution < 1.29 is 0 Å². The second kappa shape index (κ2) is 4.33. The summed E-state index contributed by atoms with van der Waals surface area (Å²) in [5.74, 6) is 0. The molecule has 3 heteroatoms. The average Bonchev–Trinajstić information content (AvgIpc) is 1.86. The van der Waals surface area contributed by atoms with Gasteiger partial charge in [-0.15, -0.1) is 11.8 Å². The zero-order valence-corrected chi connectivity index (χ0v) is 10.3. The third kappa shape index (κ3) is 5.31. The van der Waals surface area contributed by atoms with Crippen molar-refractivity contribution in [3.63, 3.8) is 0 Å². The van der Waals surface area contributed by atoms with E-state index in [0.717, 1.165) is 12.8 Å². The molecule has 0 aliphatic carbocycles. The van der Waals surface area contributed by atoms with Gasteiger partial charge in [0.1, 0.15) is 3.41 Å². The molecule has 0 radical (unpaired) electrons. The van der Waals surface area contributed by atoms with Gasteiger partial charge in [0, 0.05) is 4.75 Å². The molecule has 0 rings (SSSR count). The quantitative estimate of drug-likeness (QED) is 0.525. The summed E-state index contributed by atoms with van der Waals surface area (Å²) in [6, 6.07) is 0. The fourth-order valence-corrected chi connectivity index (χ4v) is 3.24. The normalized spacial score (nSPS) is 13.6. The first-order valence-corrected chi connectivity index (χ1v) is 5.69. The molecule has 0 aliphatic heterocycles. The highest BCUT2D eigenvalue weighted by Crippen LogP contribution is 2.45. The van der Waals surface area contributed by atoms with Gasteiger partial charge in [0.2, 0.25) is 0 Å². The van der Waals surface area contributed by atoms with Crippen LogP contribution in [0, 0.1) is 0 Å². The van der Waals surface area contributed by atoms with Crippen LogP contribution in [0.4, 0.5) is 0 Å². The lowest BCUT2D eigenvalue weighted by Crippen LogP contribution is -2.21. The minimum atomic E-state index is -0.167. The van der Waals surface area contributed by atoms with Crippen LogP contribution in [-0.2, 0) is 0 Å². The van der Waals surface area contributed by atoms with E-state index in [9.17, 15) is 0 Å². The van der Waals surface area contributed by atoms with Crippen molar-refractivity contribution in [3.05, 3.63) is 0 Å². The van der Waals surface area contributed by atoms with Crippen molar-refractivity contribution in [1.82, 2.24) is 0 Å². The molecule has 0 N–H and O–H groups in total. The minimum absolute atomic E-state index is 0.167. The van der Waals surface area contributed by atoms with Gasteiger partial charge in [-0.1, -0.05) is 27.7 Å². The molecule has 68 valence electrons. The lowest BCUT2D eigenvalue weighted by Gasteiger charge is -2.31. The third-order valence-electron chi connectivity index (χ3n) is 1.75. The van der Waals surface area contributed by atoms with Gasteiger partial charge in [-0.2, -0.15) is 25.3 Å². The first kappa shape index (κ1) is 12.0. The van der Waals surface area contributed by atoms with Crippen LogP contribution >= 0.6 is 37.0 Å². The maximum Gasteiger partial charge on any atom is 0.101 e. The number of rotatable bonds is 4. The second-order valence-corrected chi connectivity index (χ2v) is 7.80. The van der Waals surface area contributed by atoms with Gasteiger partial charge >= 0.3 is 0 Å². The van der Waals surface area contributed by atoms with E-state index in [1.165, 1.54) is 0 Å². The molecule has 0 amide bonds. The zero-order chi connectivity index (χ0) is 9.12. The van der Waals surface area contributed by atoms with Gasteiger partial charge in [0.05, 0.1) is 0 Å². The summed E-state index contributed by atoms with van der Waals surface area (Å²) in [6.07, 6.45) is 2.13. The van der Waals surface area contributed by atoms with Crippen LogP contribution in [0.1, 0.15) is 40.5 Å². The molecular formula is C8H18S3. The van der Waals surface area contributed by atoms with Gasteiger partial charge in [0.25, 0.3) is 0 Å². The highest BCUT2D eigenvalue weighted by molar-refractivity contribution is 8.24. The molecule has 0 saturated heterocycles. The van der Waals surface area contributed by atoms with Crippen molar-refractivity contribution >= 4 is 37.0 Å². The first-order valence-electron chi connectivity index (χ1n) is 3.98. The highest BCUT2D eigenvalue weighted by atomic mass is 32.2. The molecule has 0 aromatic carbocycles. The van der Waals surface area contributed by atoms with Crippen LogP contribution in [0.2, 0.25) is 0 Å². The Morgan fingerprint density at radius 1 is 1.09 bits per heavy atom. The molecule has 0 aromatic heterocycles. The Kier molecular flexibility index (Phi) is 4.75. The Hall–Kier alpha value is 1.05. The van der Waals surface area contributed by atoms with E-state index < -0.39 is 0 Å². The van der Waals surface area contributed by atoms with E-state index in [-0.39, 0.29) is 3.41 Å². The number of thiol groups is 2. The molecule has 0 heterocycles. The van der Waals surface area contributed by atoms with E-state index >= 15 is 0 Å². The van der Waals surface area contributed by atoms with Crippen LogP contribution in [0.3, 0.4) is 0 Å². The fraction of sp³-hybridized carbons (Fsp3) is 1.00. The predicted molar refractivity (Wildman–Crippen MR) is 63.0 cm³/mol. The van der Waals surface area contributed by atoms with Gasteiger partial charge in [-0.05, 0) is 12.8 Å². The smallest absolute Gasteiger partial charge is 0.101 e. The molecule has 0 saturated carbocycles. The number of hydrogen-bond acceptors (Lipinski definition) is 3. The zero-order valence-electron chi connectivity index (χ0n) is 7.72. The van der Waals surface area contributed by atoms with E-state index in [2.05, 4.69) is 53.0 Å². The van der Waals surface area contributed by atoms with Gasteiger partial charge < -0.3 is 0 Å². The molecule has 0 bridgehead atoms. The molecule has 0 spiro atoms. The summed E-state index contributed by atoms with van der Waals surface area (Å²) in [6.45, 7) is 8.77. The number of hydrogen-bond donors (Lipinski definition) is 2. The largest absolute Gasteiger partial charge is 0.151 e. The Morgan fingerprint density at radius 3 is 1.82 bits per heavy atom. The van der Waals surface area contributed by atoms with Crippen LogP contribution in [0.15, 0.2) is 0 Å². The van der Waals surface area contributed by atoms with Crippen LogP contribution in [-0.4, -0.2) is 8.16 Å².